The normalized spacial score (nSPS) is 19.5. The molecule has 2 heterocycles. The van der Waals surface area contributed by atoms with Crippen LogP contribution in [0.15, 0.2) is 41.3 Å². The average Bonchev–Trinajstić information content (AvgIpc) is 2.89. The number of nitrogens with one attached hydrogen (secondary N) is 1. The molecular weight excluding hydrogens is 306 g/mol. The van der Waals surface area contributed by atoms with Gasteiger partial charge in [0.15, 0.2) is 0 Å². The lowest BCUT2D eigenvalue weighted by Crippen LogP contribution is -2.43. The number of halogens is 1. The van der Waals surface area contributed by atoms with Crippen molar-refractivity contribution in [3.63, 3.8) is 0 Å². The molecule has 1 unspecified atom stereocenters. The maximum atomic E-state index is 5.49. The van der Waals surface area contributed by atoms with Gasteiger partial charge >= 0.3 is 0 Å². The molecule has 1 aliphatic heterocycles. The maximum absolute atomic E-state index is 5.49. The number of hydrogen-bond donors (Lipinski definition) is 1. The van der Waals surface area contributed by atoms with E-state index in [9.17, 15) is 0 Å². The van der Waals surface area contributed by atoms with Crippen molar-refractivity contribution in [1.82, 2.24) is 14.9 Å². The number of imidazole rings is 1. The van der Waals surface area contributed by atoms with E-state index in [0.29, 0.717) is 6.04 Å². The zero-order chi connectivity index (χ0) is 13.1. The smallest absolute Gasteiger partial charge is 0.0951 e. The van der Waals surface area contributed by atoms with Gasteiger partial charge in [-0.05, 0) is 17.7 Å². The molecule has 1 N–H and O–H groups in total. The van der Waals surface area contributed by atoms with Crippen molar-refractivity contribution in [1.29, 1.82) is 0 Å². The van der Waals surface area contributed by atoms with Crippen LogP contribution in [0, 0.1) is 0 Å². The molecule has 0 spiro atoms. The lowest BCUT2D eigenvalue weighted by atomic mass is 10.1. The third kappa shape index (κ3) is 3.05. The highest BCUT2D eigenvalue weighted by Gasteiger charge is 2.15. The number of benzene rings is 1. The molecule has 100 valence electrons. The van der Waals surface area contributed by atoms with Crippen LogP contribution in [0.25, 0.3) is 11.3 Å². The van der Waals surface area contributed by atoms with E-state index >= 15 is 0 Å². The van der Waals surface area contributed by atoms with Crippen LogP contribution in [0.5, 0.6) is 0 Å². The van der Waals surface area contributed by atoms with E-state index < -0.39 is 0 Å². The fourth-order valence-corrected chi connectivity index (χ4v) is 2.57. The number of hydrogen-bond acceptors (Lipinski definition) is 3. The van der Waals surface area contributed by atoms with Crippen LogP contribution >= 0.6 is 15.9 Å². The fraction of sp³-hybridized carbons (Fsp3) is 0.357. The van der Waals surface area contributed by atoms with Crippen molar-refractivity contribution in [3.8, 4) is 11.3 Å². The Bertz CT molecular complexity index is 532. The Morgan fingerprint density at radius 3 is 2.95 bits per heavy atom. The van der Waals surface area contributed by atoms with Crippen LogP contribution < -0.4 is 5.32 Å². The number of aromatic nitrogens is 2. The summed E-state index contributed by atoms with van der Waals surface area (Å²) in [6, 6.07) is 8.66. The van der Waals surface area contributed by atoms with Crippen molar-refractivity contribution in [2.45, 2.75) is 12.6 Å². The molecule has 19 heavy (non-hydrogen) atoms. The zero-order valence-corrected chi connectivity index (χ0v) is 12.1. The van der Waals surface area contributed by atoms with Gasteiger partial charge in [0.05, 0.1) is 31.4 Å². The molecule has 1 fully saturated rings. The summed E-state index contributed by atoms with van der Waals surface area (Å²) in [5.41, 5.74) is 2.32. The molecule has 0 bridgehead atoms. The van der Waals surface area contributed by atoms with Gasteiger partial charge in [0.1, 0.15) is 0 Å². The molecule has 0 aliphatic carbocycles. The molecule has 0 amide bonds. The Hall–Kier alpha value is -1.17. The first-order valence-corrected chi connectivity index (χ1v) is 7.19. The lowest BCUT2D eigenvalue weighted by molar-refractivity contribution is 0.0715. The largest absolute Gasteiger partial charge is 0.378 e. The van der Waals surface area contributed by atoms with Gasteiger partial charge in [-0.1, -0.05) is 28.1 Å². The highest BCUT2D eigenvalue weighted by molar-refractivity contribution is 9.10. The minimum Gasteiger partial charge on any atom is -0.378 e. The summed E-state index contributed by atoms with van der Waals surface area (Å²) in [6.07, 6.45) is 3.79. The Morgan fingerprint density at radius 2 is 2.21 bits per heavy atom. The second-order valence-electron chi connectivity index (χ2n) is 4.66. The van der Waals surface area contributed by atoms with Crippen LogP contribution in [0.4, 0.5) is 0 Å². The Balaban J connectivity index is 1.79. The van der Waals surface area contributed by atoms with E-state index in [1.54, 1.807) is 0 Å². The molecule has 1 aromatic heterocycles. The molecule has 4 nitrogen and oxygen atoms in total. The number of morpholine rings is 1. The van der Waals surface area contributed by atoms with Gasteiger partial charge in [-0.15, -0.1) is 0 Å². The average molecular weight is 322 g/mol. The summed E-state index contributed by atoms with van der Waals surface area (Å²) in [5, 5.41) is 3.46. The predicted molar refractivity (Wildman–Crippen MR) is 78.0 cm³/mol. The van der Waals surface area contributed by atoms with Gasteiger partial charge in [-0.3, -0.25) is 0 Å². The number of rotatable bonds is 3. The molecular formula is C14H16BrN3O. The van der Waals surface area contributed by atoms with Crippen molar-refractivity contribution >= 4 is 15.9 Å². The summed E-state index contributed by atoms with van der Waals surface area (Å²) in [7, 11) is 0. The molecule has 1 aromatic carbocycles. The van der Waals surface area contributed by atoms with E-state index in [2.05, 4.69) is 55.1 Å². The summed E-state index contributed by atoms with van der Waals surface area (Å²) < 4.78 is 8.75. The van der Waals surface area contributed by atoms with Gasteiger partial charge in [0.2, 0.25) is 0 Å². The van der Waals surface area contributed by atoms with Crippen LogP contribution in [0.2, 0.25) is 0 Å². The summed E-state index contributed by atoms with van der Waals surface area (Å²) in [4.78, 5) is 4.27. The molecule has 1 aliphatic rings. The topological polar surface area (TPSA) is 39.1 Å². The van der Waals surface area contributed by atoms with Gasteiger partial charge in [-0.2, -0.15) is 0 Å². The first-order valence-electron chi connectivity index (χ1n) is 6.40. The summed E-state index contributed by atoms with van der Waals surface area (Å²) in [6.45, 7) is 3.37. The van der Waals surface area contributed by atoms with Gasteiger partial charge in [-0.25, -0.2) is 4.98 Å². The standard InChI is InChI=1S/C14H16BrN3O/c15-12-3-1-11(2-4-12)14-7-16-10-18(14)8-13-9-19-6-5-17-13/h1-4,7,10,13,17H,5-6,8-9H2. The van der Waals surface area contributed by atoms with E-state index in [1.165, 1.54) is 5.56 Å². The van der Waals surface area contributed by atoms with Crippen molar-refractivity contribution in [2.24, 2.45) is 0 Å². The van der Waals surface area contributed by atoms with Crippen molar-refractivity contribution in [2.75, 3.05) is 19.8 Å². The molecule has 2 aromatic rings. The zero-order valence-electron chi connectivity index (χ0n) is 10.6. The van der Waals surface area contributed by atoms with Crippen LogP contribution in [-0.4, -0.2) is 35.4 Å². The van der Waals surface area contributed by atoms with Gasteiger partial charge in [0, 0.05) is 23.6 Å². The van der Waals surface area contributed by atoms with Crippen LogP contribution in [0.3, 0.4) is 0 Å². The highest BCUT2D eigenvalue weighted by atomic mass is 79.9. The Labute approximate surface area is 120 Å². The number of ether oxygens (including phenoxy) is 1. The lowest BCUT2D eigenvalue weighted by Gasteiger charge is -2.24. The third-order valence-electron chi connectivity index (χ3n) is 3.27. The predicted octanol–water partition coefficient (Wildman–Crippen LogP) is 2.30. The summed E-state index contributed by atoms with van der Waals surface area (Å²) >= 11 is 3.46. The first kappa shape index (κ1) is 12.8. The summed E-state index contributed by atoms with van der Waals surface area (Å²) in [5.74, 6) is 0. The fourth-order valence-electron chi connectivity index (χ4n) is 2.30. The maximum Gasteiger partial charge on any atom is 0.0951 e. The molecule has 1 atom stereocenters. The third-order valence-corrected chi connectivity index (χ3v) is 3.80. The first-order chi connectivity index (χ1) is 9.33. The van der Waals surface area contributed by atoms with E-state index in [1.807, 2.05) is 12.5 Å². The number of nitrogens with zero attached hydrogens (tertiary/aromatic N) is 2. The quantitative estimate of drug-likeness (QED) is 0.942. The van der Waals surface area contributed by atoms with Crippen LogP contribution in [-0.2, 0) is 11.3 Å². The molecule has 1 saturated heterocycles. The van der Waals surface area contributed by atoms with Gasteiger partial charge in [0.25, 0.3) is 0 Å². The Morgan fingerprint density at radius 1 is 1.37 bits per heavy atom. The molecule has 0 saturated carbocycles. The Kier molecular flexibility index (Phi) is 3.96. The van der Waals surface area contributed by atoms with Crippen molar-refractivity contribution in [3.05, 3.63) is 41.3 Å². The van der Waals surface area contributed by atoms with E-state index in [0.717, 1.165) is 36.5 Å². The monoisotopic (exact) mass is 321 g/mol. The highest BCUT2D eigenvalue weighted by Crippen LogP contribution is 2.21. The minimum atomic E-state index is 0.358. The van der Waals surface area contributed by atoms with Crippen molar-refractivity contribution < 1.29 is 4.74 Å². The second-order valence-corrected chi connectivity index (χ2v) is 5.58. The molecule has 0 radical (unpaired) electrons. The van der Waals surface area contributed by atoms with E-state index in [-0.39, 0.29) is 0 Å². The van der Waals surface area contributed by atoms with Crippen LogP contribution in [0.1, 0.15) is 0 Å². The SMILES string of the molecule is Brc1ccc(-c2cncn2CC2COCCN2)cc1. The van der Waals surface area contributed by atoms with Gasteiger partial charge < -0.3 is 14.6 Å². The minimum absolute atomic E-state index is 0.358. The van der Waals surface area contributed by atoms with E-state index in [4.69, 9.17) is 4.74 Å². The second kappa shape index (κ2) is 5.86. The molecule has 5 heteroatoms. The molecule has 3 rings (SSSR count).